The van der Waals surface area contributed by atoms with Gasteiger partial charge in [-0.05, 0) is 74.4 Å². The van der Waals surface area contributed by atoms with Gasteiger partial charge in [0.1, 0.15) is 5.60 Å². The average Bonchev–Trinajstić information content (AvgIpc) is 2.61. The van der Waals surface area contributed by atoms with Crippen molar-refractivity contribution < 1.29 is 10.2 Å². The third kappa shape index (κ3) is 4.59. The van der Waals surface area contributed by atoms with Gasteiger partial charge >= 0.3 is 0 Å². The van der Waals surface area contributed by atoms with Crippen LogP contribution < -0.4 is 0 Å². The fourth-order valence-corrected chi connectivity index (χ4v) is 3.13. The molecule has 25 heavy (non-hydrogen) atoms. The summed E-state index contributed by atoms with van der Waals surface area (Å²) >= 11 is 5.99. The van der Waals surface area contributed by atoms with Crippen LogP contribution in [0, 0.1) is 11.3 Å². The molecule has 0 spiro atoms. The smallest absolute Gasteiger partial charge is 0.115 e. The van der Waals surface area contributed by atoms with Gasteiger partial charge in [0, 0.05) is 5.02 Å². The number of hydrogen-bond acceptors (Lipinski definition) is 4. The Balaban J connectivity index is 2.51. The van der Waals surface area contributed by atoms with Gasteiger partial charge in [-0.15, -0.1) is 0 Å². The second-order valence-corrected chi connectivity index (χ2v) is 6.85. The van der Waals surface area contributed by atoms with Gasteiger partial charge in [0.2, 0.25) is 0 Å². The molecule has 0 saturated carbocycles. The molecule has 0 fully saturated rings. The lowest BCUT2D eigenvalue weighted by Crippen LogP contribution is -2.30. The molecule has 2 rings (SSSR count). The van der Waals surface area contributed by atoms with Crippen LogP contribution in [0.3, 0.4) is 0 Å². The van der Waals surface area contributed by atoms with Crippen molar-refractivity contribution in [3.8, 4) is 6.07 Å². The standard InChI is InChI=1S/C20H23ClN2O2/c1-23(2)11-3-10-20(25,17-5-7-18(21)8-6-17)19-9-4-15(13-22)12-16(19)14-24/h4-9,12,24-25H,3,10-11,14H2,1-2H3/t20-/m0/s1. The Bertz CT molecular complexity index is 753. The third-order valence-electron chi connectivity index (χ3n) is 4.32. The van der Waals surface area contributed by atoms with Gasteiger partial charge in [-0.2, -0.15) is 5.26 Å². The molecule has 2 N–H and O–H groups in total. The van der Waals surface area contributed by atoms with Gasteiger partial charge < -0.3 is 15.1 Å². The molecule has 2 aromatic rings. The van der Waals surface area contributed by atoms with E-state index in [0.717, 1.165) is 18.5 Å². The molecule has 0 aromatic heterocycles. The van der Waals surface area contributed by atoms with E-state index < -0.39 is 5.60 Å². The Morgan fingerprint density at radius 2 is 1.84 bits per heavy atom. The molecule has 132 valence electrons. The maximum absolute atomic E-state index is 11.6. The summed E-state index contributed by atoms with van der Waals surface area (Å²) in [5.74, 6) is 0. The summed E-state index contributed by atoms with van der Waals surface area (Å²) in [4.78, 5) is 2.06. The van der Waals surface area contributed by atoms with Gasteiger partial charge in [0.25, 0.3) is 0 Å². The van der Waals surface area contributed by atoms with Crippen LogP contribution in [-0.2, 0) is 12.2 Å². The minimum absolute atomic E-state index is 0.242. The zero-order valence-electron chi connectivity index (χ0n) is 14.5. The van der Waals surface area contributed by atoms with Crippen molar-refractivity contribution in [1.82, 2.24) is 4.90 Å². The average molecular weight is 359 g/mol. The van der Waals surface area contributed by atoms with E-state index in [9.17, 15) is 10.2 Å². The van der Waals surface area contributed by atoms with Gasteiger partial charge in [-0.25, -0.2) is 0 Å². The van der Waals surface area contributed by atoms with Crippen LogP contribution in [0.2, 0.25) is 5.02 Å². The minimum atomic E-state index is -1.26. The highest BCUT2D eigenvalue weighted by Gasteiger charge is 2.33. The largest absolute Gasteiger partial charge is 0.392 e. The molecule has 0 aliphatic carbocycles. The predicted octanol–water partition coefficient (Wildman–Crippen LogP) is 3.28. The van der Waals surface area contributed by atoms with Crippen LogP contribution in [0.15, 0.2) is 42.5 Å². The molecule has 0 heterocycles. The van der Waals surface area contributed by atoms with Crippen LogP contribution >= 0.6 is 11.6 Å². The Morgan fingerprint density at radius 1 is 1.16 bits per heavy atom. The number of halogens is 1. The number of nitriles is 1. The van der Waals surface area contributed by atoms with Crippen molar-refractivity contribution in [3.05, 3.63) is 69.7 Å². The monoisotopic (exact) mass is 358 g/mol. The van der Waals surface area contributed by atoms with E-state index >= 15 is 0 Å². The van der Waals surface area contributed by atoms with E-state index in [1.54, 1.807) is 42.5 Å². The molecule has 0 aliphatic heterocycles. The summed E-state index contributed by atoms with van der Waals surface area (Å²) in [6.07, 6.45) is 1.27. The summed E-state index contributed by atoms with van der Waals surface area (Å²) in [7, 11) is 3.98. The lowest BCUT2D eigenvalue weighted by molar-refractivity contribution is 0.0641. The molecule has 0 aliphatic rings. The molecular formula is C20H23ClN2O2. The van der Waals surface area contributed by atoms with E-state index in [0.29, 0.717) is 28.1 Å². The van der Waals surface area contributed by atoms with Crippen molar-refractivity contribution in [2.75, 3.05) is 20.6 Å². The first-order valence-corrected chi connectivity index (χ1v) is 8.56. The first kappa shape index (κ1) is 19.4. The van der Waals surface area contributed by atoms with Gasteiger partial charge in [0.15, 0.2) is 0 Å². The number of rotatable bonds is 7. The minimum Gasteiger partial charge on any atom is -0.392 e. The summed E-state index contributed by atoms with van der Waals surface area (Å²) in [5, 5.41) is 31.0. The summed E-state index contributed by atoms with van der Waals surface area (Å²) in [5.41, 5.74) is 1.10. The van der Waals surface area contributed by atoms with E-state index in [-0.39, 0.29) is 6.61 Å². The number of benzene rings is 2. The van der Waals surface area contributed by atoms with Crippen LogP contribution in [0.4, 0.5) is 0 Å². The van der Waals surface area contributed by atoms with E-state index in [1.165, 1.54) is 0 Å². The Kier molecular flexibility index (Phi) is 6.57. The van der Waals surface area contributed by atoms with Crippen molar-refractivity contribution in [1.29, 1.82) is 5.26 Å². The van der Waals surface area contributed by atoms with Gasteiger partial charge in [0.05, 0.1) is 18.2 Å². The highest BCUT2D eigenvalue weighted by molar-refractivity contribution is 6.30. The van der Waals surface area contributed by atoms with Gasteiger partial charge in [-0.3, -0.25) is 0 Å². The second kappa shape index (κ2) is 8.46. The van der Waals surface area contributed by atoms with Crippen LogP contribution in [0.1, 0.15) is 35.1 Å². The zero-order chi connectivity index (χ0) is 18.4. The molecule has 0 unspecified atom stereocenters. The maximum Gasteiger partial charge on any atom is 0.115 e. The normalized spacial score (nSPS) is 13.5. The highest BCUT2D eigenvalue weighted by atomic mass is 35.5. The quantitative estimate of drug-likeness (QED) is 0.797. The first-order valence-electron chi connectivity index (χ1n) is 8.18. The molecular weight excluding hydrogens is 336 g/mol. The SMILES string of the molecule is CN(C)CCC[C@](O)(c1ccc(Cl)cc1)c1ccc(C#N)cc1CO. The molecule has 0 bridgehead atoms. The number of nitrogens with zero attached hydrogens (tertiary/aromatic N) is 2. The molecule has 0 saturated heterocycles. The van der Waals surface area contributed by atoms with Crippen LogP contribution in [-0.4, -0.2) is 35.8 Å². The number of hydrogen-bond donors (Lipinski definition) is 2. The van der Waals surface area contributed by atoms with Crippen molar-refractivity contribution >= 4 is 11.6 Å². The van der Waals surface area contributed by atoms with E-state index in [4.69, 9.17) is 16.9 Å². The molecule has 5 heteroatoms. The predicted molar refractivity (Wildman–Crippen MR) is 99.3 cm³/mol. The fraction of sp³-hybridized carbons (Fsp3) is 0.350. The molecule has 4 nitrogen and oxygen atoms in total. The van der Waals surface area contributed by atoms with Crippen LogP contribution in [0.25, 0.3) is 0 Å². The van der Waals surface area contributed by atoms with Crippen molar-refractivity contribution in [2.45, 2.75) is 25.0 Å². The lowest BCUT2D eigenvalue weighted by atomic mass is 9.80. The summed E-state index contributed by atoms with van der Waals surface area (Å²) in [6.45, 7) is 0.592. The summed E-state index contributed by atoms with van der Waals surface area (Å²) < 4.78 is 0. The topological polar surface area (TPSA) is 67.5 Å². The first-order chi connectivity index (χ1) is 11.9. The molecule has 2 aromatic carbocycles. The van der Waals surface area contributed by atoms with Crippen LogP contribution in [0.5, 0.6) is 0 Å². The Hall–Kier alpha value is -1.90. The number of aliphatic hydroxyl groups excluding tert-OH is 1. The Labute approximate surface area is 153 Å². The molecule has 0 amide bonds. The van der Waals surface area contributed by atoms with E-state index in [2.05, 4.69) is 11.0 Å². The fourth-order valence-electron chi connectivity index (χ4n) is 3.01. The van der Waals surface area contributed by atoms with E-state index in [1.807, 2.05) is 14.1 Å². The lowest BCUT2D eigenvalue weighted by Gasteiger charge is -2.32. The third-order valence-corrected chi connectivity index (χ3v) is 4.57. The van der Waals surface area contributed by atoms with Crippen molar-refractivity contribution in [2.24, 2.45) is 0 Å². The second-order valence-electron chi connectivity index (χ2n) is 6.42. The van der Waals surface area contributed by atoms with Crippen molar-refractivity contribution in [3.63, 3.8) is 0 Å². The number of aliphatic hydroxyl groups is 2. The summed E-state index contributed by atoms with van der Waals surface area (Å²) in [6, 6.07) is 14.2. The molecule has 1 atom stereocenters. The highest BCUT2D eigenvalue weighted by Crippen LogP contribution is 2.37. The maximum atomic E-state index is 11.6. The zero-order valence-corrected chi connectivity index (χ0v) is 15.3. The Morgan fingerprint density at radius 3 is 2.40 bits per heavy atom. The van der Waals surface area contributed by atoms with Gasteiger partial charge in [-0.1, -0.05) is 29.8 Å². The molecule has 0 radical (unpaired) electrons.